The fraction of sp³-hybridized carbons (Fsp3) is 0.0714. The molecule has 1 amide bonds. The van der Waals surface area contributed by atoms with Gasteiger partial charge < -0.3 is 11.1 Å². The van der Waals surface area contributed by atoms with Crippen molar-refractivity contribution in [2.45, 2.75) is 6.18 Å². The number of rotatable bonds is 2. The predicted octanol–water partition coefficient (Wildman–Crippen LogP) is 4.19. The summed E-state index contributed by atoms with van der Waals surface area (Å²) in [7, 11) is 0. The van der Waals surface area contributed by atoms with Gasteiger partial charge >= 0.3 is 6.18 Å². The molecule has 2 rings (SSSR count). The molecular weight excluding hydrogens is 305 g/mol. The third-order valence-corrected chi connectivity index (χ3v) is 2.97. The SMILES string of the molecule is Nc1c(C(=O)Nc2cccc(Cl)c2)cccc1C(F)(F)F. The van der Waals surface area contributed by atoms with Gasteiger partial charge in [-0.25, -0.2) is 0 Å². The number of hydrogen-bond donors (Lipinski definition) is 2. The van der Waals surface area contributed by atoms with Crippen molar-refractivity contribution in [2.75, 3.05) is 11.1 Å². The maximum absolute atomic E-state index is 12.7. The Kier molecular flexibility index (Phi) is 4.09. The van der Waals surface area contributed by atoms with Crippen LogP contribution in [0, 0.1) is 0 Å². The first kappa shape index (κ1) is 15.2. The Labute approximate surface area is 123 Å². The number of alkyl halides is 3. The molecule has 3 nitrogen and oxygen atoms in total. The molecule has 2 aromatic carbocycles. The molecule has 0 heterocycles. The second-order valence-electron chi connectivity index (χ2n) is 4.23. The van der Waals surface area contributed by atoms with Crippen molar-refractivity contribution >= 4 is 28.9 Å². The molecule has 0 saturated carbocycles. The van der Waals surface area contributed by atoms with Crippen LogP contribution in [0.25, 0.3) is 0 Å². The summed E-state index contributed by atoms with van der Waals surface area (Å²) in [6.07, 6.45) is -4.61. The van der Waals surface area contributed by atoms with Crippen LogP contribution in [0.4, 0.5) is 24.5 Å². The molecular formula is C14H10ClF3N2O. The second-order valence-corrected chi connectivity index (χ2v) is 4.67. The first-order chi connectivity index (χ1) is 9.79. The number of halogens is 4. The van der Waals surface area contributed by atoms with Crippen LogP contribution in [0.15, 0.2) is 42.5 Å². The number of anilines is 2. The number of nitrogen functional groups attached to an aromatic ring is 1. The molecule has 0 aromatic heterocycles. The standard InChI is InChI=1S/C14H10ClF3N2O/c15-8-3-1-4-9(7-8)20-13(21)10-5-2-6-11(12(10)19)14(16,17)18/h1-7H,19H2,(H,20,21). The average molecular weight is 315 g/mol. The van der Waals surface area contributed by atoms with Crippen LogP contribution in [-0.4, -0.2) is 5.91 Å². The lowest BCUT2D eigenvalue weighted by atomic mass is 10.1. The van der Waals surface area contributed by atoms with Crippen LogP contribution in [0.1, 0.15) is 15.9 Å². The highest BCUT2D eigenvalue weighted by Gasteiger charge is 2.34. The molecule has 0 aliphatic rings. The van der Waals surface area contributed by atoms with E-state index in [4.69, 9.17) is 17.3 Å². The summed E-state index contributed by atoms with van der Waals surface area (Å²) in [6, 6.07) is 9.43. The Balaban J connectivity index is 2.32. The predicted molar refractivity (Wildman–Crippen MR) is 75.3 cm³/mol. The number of hydrogen-bond acceptors (Lipinski definition) is 2. The van der Waals surface area contributed by atoms with Gasteiger partial charge in [0.25, 0.3) is 5.91 Å². The molecule has 0 radical (unpaired) electrons. The number of amides is 1. The molecule has 7 heteroatoms. The molecule has 0 saturated heterocycles. The van der Waals surface area contributed by atoms with Crippen LogP contribution in [0.2, 0.25) is 5.02 Å². The van der Waals surface area contributed by atoms with Crippen molar-refractivity contribution in [3.63, 3.8) is 0 Å². The molecule has 0 atom stereocenters. The lowest BCUT2D eigenvalue weighted by Gasteiger charge is -2.13. The van der Waals surface area contributed by atoms with Gasteiger partial charge in [-0.1, -0.05) is 23.7 Å². The molecule has 0 fully saturated rings. The van der Waals surface area contributed by atoms with Gasteiger partial charge in [-0.2, -0.15) is 13.2 Å². The second kappa shape index (κ2) is 5.65. The molecule has 0 aliphatic heterocycles. The quantitative estimate of drug-likeness (QED) is 0.816. The maximum atomic E-state index is 12.7. The minimum absolute atomic E-state index is 0.246. The van der Waals surface area contributed by atoms with E-state index in [2.05, 4.69) is 5.32 Å². The van der Waals surface area contributed by atoms with Crippen LogP contribution < -0.4 is 11.1 Å². The van der Waals surface area contributed by atoms with Crippen molar-refractivity contribution in [1.82, 2.24) is 0 Å². The van der Waals surface area contributed by atoms with Crippen LogP contribution in [0.3, 0.4) is 0 Å². The Bertz CT molecular complexity index is 686. The Hall–Kier alpha value is -2.21. The van der Waals surface area contributed by atoms with E-state index in [0.29, 0.717) is 10.7 Å². The highest BCUT2D eigenvalue weighted by atomic mass is 35.5. The van der Waals surface area contributed by atoms with E-state index < -0.39 is 23.3 Å². The molecule has 0 spiro atoms. The molecule has 2 aromatic rings. The number of para-hydroxylation sites is 1. The van der Waals surface area contributed by atoms with Crippen LogP contribution >= 0.6 is 11.6 Å². The first-order valence-corrected chi connectivity index (χ1v) is 6.19. The van der Waals surface area contributed by atoms with Gasteiger partial charge in [-0.05, 0) is 30.3 Å². The summed E-state index contributed by atoms with van der Waals surface area (Å²) in [6.45, 7) is 0. The molecule has 3 N–H and O–H groups in total. The summed E-state index contributed by atoms with van der Waals surface area (Å²) in [4.78, 5) is 12.0. The Morgan fingerprint density at radius 2 is 1.81 bits per heavy atom. The van der Waals surface area contributed by atoms with E-state index in [-0.39, 0.29) is 5.56 Å². The van der Waals surface area contributed by atoms with E-state index in [1.165, 1.54) is 12.1 Å². The lowest BCUT2D eigenvalue weighted by molar-refractivity contribution is -0.136. The zero-order valence-corrected chi connectivity index (χ0v) is 11.3. The summed E-state index contributed by atoms with van der Waals surface area (Å²) in [5.74, 6) is -0.735. The van der Waals surface area contributed by atoms with Gasteiger partial charge in [0.2, 0.25) is 0 Å². The van der Waals surface area contributed by atoms with Crippen molar-refractivity contribution in [1.29, 1.82) is 0 Å². The van der Waals surface area contributed by atoms with Gasteiger partial charge in [-0.3, -0.25) is 4.79 Å². The van der Waals surface area contributed by atoms with Crippen molar-refractivity contribution in [3.05, 3.63) is 58.6 Å². The normalized spacial score (nSPS) is 11.2. The number of carbonyl (C=O) groups excluding carboxylic acids is 1. The minimum atomic E-state index is -4.61. The molecule has 0 bridgehead atoms. The number of carbonyl (C=O) groups is 1. The zero-order chi connectivity index (χ0) is 15.6. The van der Waals surface area contributed by atoms with Gasteiger partial charge in [0, 0.05) is 10.7 Å². The largest absolute Gasteiger partial charge is 0.418 e. The van der Waals surface area contributed by atoms with E-state index in [1.807, 2.05) is 0 Å². The zero-order valence-electron chi connectivity index (χ0n) is 10.5. The summed E-state index contributed by atoms with van der Waals surface area (Å²) >= 11 is 5.77. The number of nitrogens with two attached hydrogens (primary N) is 1. The van der Waals surface area contributed by atoms with E-state index in [1.54, 1.807) is 18.2 Å². The maximum Gasteiger partial charge on any atom is 0.418 e. The van der Waals surface area contributed by atoms with Gasteiger partial charge in [-0.15, -0.1) is 0 Å². The average Bonchev–Trinajstić information content (AvgIpc) is 2.37. The third kappa shape index (κ3) is 3.46. The van der Waals surface area contributed by atoms with Gasteiger partial charge in [0.1, 0.15) is 0 Å². The molecule has 110 valence electrons. The topological polar surface area (TPSA) is 55.1 Å². The summed E-state index contributed by atoms with van der Waals surface area (Å²) in [5.41, 5.74) is 3.92. The number of benzene rings is 2. The first-order valence-electron chi connectivity index (χ1n) is 5.81. The highest BCUT2D eigenvalue weighted by molar-refractivity contribution is 6.31. The summed E-state index contributed by atoms with van der Waals surface area (Å²) in [5, 5.41) is 2.84. The van der Waals surface area contributed by atoms with Crippen molar-refractivity contribution in [2.24, 2.45) is 0 Å². The fourth-order valence-electron chi connectivity index (χ4n) is 1.78. The highest BCUT2D eigenvalue weighted by Crippen LogP contribution is 2.35. The van der Waals surface area contributed by atoms with E-state index >= 15 is 0 Å². The van der Waals surface area contributed by atoms with Crippen LogP contribution in [0.5, 0.6) is 0 Å². The van der Waals surface area contributed by atoms with Gasteiger partial charge in [0.15, 0.2) is 0 Å². The monoisotopic (exact) mass is 314 g/mol. The smallest absolute Gasteiger partial charge is 0.398 e. The lowest BCUT2D eigenvalue weighted by Crippen LogP contribution is -2.17. The van der Waals surface area contributed by atoms with Crippen LogP contribution in [-0.2, 0) is 6.18 Å². The molecule has 0 unspecified atom stereocenters. The third-order valence-electron chi connectivity index (χ3n) is 2.74. The van der Waals surface area contributed by atoms with Crippen molar-refractivity contribution < 1.29 is 18.0 Å². The Morgan fingerprint density at radius 1 is 1.14 bits per heavy atom. The number of nitrogens with one attached hydrogen (secondary N) is 1. The fourth-order valence-corrected chi connectivity index (χ4v) is 1.97. The van der Waals surface area contributed by atoms with E-state index in [0.717, 1.165) is 12.1 Å². The minimum Gasteiger partial charge on any atom is -0.398 e. The van der Waals surface area contributed by atoms with E-state index in [9.17, 15) is 18.0 Å². The Morgan fingerprint density at radius 3 is 2.43 bits per heavy atom. The summed E-state index contributed by atoms with van der Waals surface area (Å²) < 4.78 is 38.2. The van der Waals surface area contributed by atoms with Crippen molar-refractivity contribution in [3.8, 4) is 0 Å². The molecule has 0 aliphatic carbocycles. The molecule has 21 heavy (non-hydrogen) atoms. The van der Waals surface area contributed by atoms with Gasteiger partial charge in [0.05, 0.1) is 16.8 Å².